The molecule has 3 fully saturated rings. The summed E-state index contributed by atoms with van der Waals surface area (Å²) in [5.41, 5.74) is -0.480. The molecule has 2 aliphatic carbocycles. The number of nitrogens with zero attached hydrogens (tertiary/aromatic N) is 1. The Bertz CT molecular complexity index is 448. The van der Waals surface area contributed by atoms with Gasteiger partial charge in [-0.15, -0.1) is 0 Å². The Kier molecular flexibility index (Phi) is 4.98. The molecule has 3 aliphatic rings. The maximum atomic E-state index is 12.2. The third kappa shape index (κ3) is 4.27. The highest BCUT2D eigenvalue weighted by Gasteiger charge is 2.35. The molecule has 1 saturated heterocycles. The summed E-state index contributed by atoms with van der Waals surface area (Å²) < 4.78 is 5.64. The van der Waals surface area contributed by atoms with Crippen LogP contribution in [0.25, 0.3) is 0 Å². The molecule has 0 radical (unpaired) electrons. The second-order valence-electron chi connectivity index (χ2n) is 8.55. The van der Waals surface area contributed by atoms with Crippen molar-refractivity contribution in [2.24, 2.45) is 17.8 Å². The van der Waals surface area contributed by atoms with E-state index in [1.165, 1.54) is 43.4 Å². The summed E-state index contributed by atoms with van der Waals surface area (Å²) >= 11 is 0. The predicted octanol–water partition coefficient (Wildman–Crippen LogP) is 4.52. The first-order chi connectivity index (χ1) is 10.9. The lowest BCUT2D eigenvalue weighted by Gasteiger charge is -2.40. The molecule has 4 heteroatoms. The van der Waals surface area contributed by atoms with Crippen molar-refractivity contribution in [3.05, 3.63) is 0 Å². The Morgan fingerprint density at radius 2 is 1.87 bits per heavy atom. The van der Waals surface area contributed by atoms with Crippen LogP contribution in [0.4, 0.5) is 4.79 Å². The standard InChI is InChI=1S/C19H31NO3/c1-19(2,23-18(22)20-10-4-7-17(20)21)9-8-16-12-14-5-3-6-15(11-14)13-16/h14-16H,3-13H2,1-2H3. The second-order valence-corrected chi connectivity index (χ2v) is 8.55. The van der Waals surface area contributed by atoms with Crippen molar-refractivity contribution in [3.63, 3.8) is 0 Å². The lowest BCUT2D eigenvalue weighted by atomic mass is 9.67. The minimum atomic E-state index is -0.480. The molecule has 0 spiro atoms. The Balaban J connectivity index is 1.46. The number of hydrogen-bond acceptors (Lipinski definition) is 3. The third-order valence-corrected chi connectivity index (χ3v) is 6.04. The van der Waals surface area contributed by atoms with Crippen LogP contribution in [0.1, 0.15) is 78.1 Å². The average molecular weight is 321 g/mol. The maximum absolute atomic E-state index is 12.2. The fourth-order valence-corrected chi connectivity index (χ4v) is 4.84. The van der Waals surface area contributed by atoms with Gasteiger partial charge < -0.3 is 4.74 Å². The molecule has 0 aromatic carbocycles. The SMILES string of the molecule is CC(C)(CCC1CC2CCCC(C2)C1)OC(=O)N1CCCC1=O. The first-order valence-corrected chi connectivity index (χ1v) is 9.46. The number of fused-ring (bicyclic) bond motifs is 2. The highest BCUT2D eigenvalue weighted by Crippen LogP contribution is 2.44. The van der Waals surface area contributed by atoms with Crippen molar-refractivity contribution in [2.45, 2.75) is 83.7 Å². The number of likely N-dealkylation sites (tertiary alicyclic amines) is 1. The van der Waals surface area contributed by atoms with Crippen molar-refractivity contribution < 1.29 is 14.3 Å². The monoisotopic (exact) mass is 321 g/mol. The Labute approximate surface area is 139 Å². The van der Waals surface area contributed by atoms with E-state index < -0.39 is 11.7 Å². The van der Waals surface area contributed by atoms with Gasteiger partial charge in [0.25, 0.3) is 0 Å². The molecule has 2 saturated carbocycles. The van der Waals surface area contributed by atoms with Gasteiger partial charge in [-0.25, -0.2) is 9.69 Å². The van der Waals surface area contributed by atoms with Gasteiger partial charge in [0, 0.05) is 13.0 Å². The molecule has 1 aliphatic heterocycles. The first kappa shape index (κ1) is 16.8. The molecule has 4 nitrogen and oxygen atoms in total. The van der Waals surface area contributed by atoms with Gasteiger partial charge >= 0.3 is 6.09 Å². The quantitative estimate of drug-likeness (QED) is 0.765. The average Bonchev–Trinajstić information content (AvgIpc) is 2.91. The van der Waals surface area contributed by atoms with E-state index in [1.807, 2.05) is 13.8 Å². The van der Waals surface area contributed by atoms with Gasteiger partial charge in [0.15, 0.2) is 0 Å². The van der Waals surface area contributed by atoms with Crippen LogP contribution < -0.4 is 0 Å². The number of carbonyl (C=O) groups is 2. The predicted molar refractivity (Wildman–Crippen MR) is 88.9 cm³/mol. The van der Waals surface area contributed by atoms with Crippen molar-refractivity contribution in [3.8, 4) is 0 Å². The Morgan fingerprint density at radius 1 is 1.17 bits per heavy atom. The summed E-state index contributed by atoms with van der Waals surface area (Å²) in [4.78, 5) is 25.1. The normalized spacial score (nSPS) is 31.3. The summed E-state index contributed by atoms with van der Waals surface area (Å²) in [6.07, 6.45) is 11.3. The molecule has 3 rings (SSSR count). The lowest BCUT2D eigenvalue weighted by molar-refractivity contribution is -0.127. The van der Waals surface area contributed by atoms with Gasteiger partial charge in [0.2, 0.25) is 5.91 Å². The van der Waals surface area contributed by atoms with Crippen molar-refractivity contribution in [1.29, 1.82) is 0 Å². The van der Waals surface area contributed by atoms with Crippen molar-refractivity contribution in [2.75, 3.05) is 6.54 Å². The van der Waals surface area contributed by atoms with Gasteiger partial charge in [0.05, 0.1) is 0 Å². The molecular formula is C19H31NO3. The molecule has 0 aromatic rings. The van der Waals surface area contributed by atoms with Gasteiger partial charge in [0.1, 0.15) is 5.60 Å². The smallest absolute Gasteiger partial charge is 0.417 e. The molecule has 130 valence electrons. The van der Waals surface area contributed by atoms with Gasteiger partial charge in [-0.1, -0.05) is 19.3 Å². The molecule has 2 unspecified atom stereocenters. The molecule has 2 atom stereocenters. The van der Waals surface area contributed by atoms with Crippen LogP contribution in [-0.4, -0.2) is 29.0 Å². The minimum Gasteiger partial charge on any atom is -0.443 e. The molecule has 2 bridgehead atoms. The van der Waals surface area contributed by atoms with Crippen LogP contribution in [0.2, 0.25) is 0 Å². The number of carbonyl (C=O) groups excluding carboxylic acids is 2. The summed E-state index contributed by atoms with van der Waals surface area (Å²) in [6.45, 7) is 4.48. The van der Waals surface area contributed by atoms with E-state index >= 15 is 0 Å². The molecule has 0 aromatic heterocycles. The largest absolute Gasteiger partial charge is 0.443 e. The second kappa shape index (κ2) is 6.82. The van der Waals surface area contributed by atoms with Crippen LogP contribution in [0.15, 0.2) is 0 Å². The number of ether oxygens (including phenoxy) is 1. The van der Waals surface area contributed by atoms with Crippen LogP contribution >= 0.6 is 0 Å². The fourth-order valence-electron chi connectivity index (χ4n) is 4.84. The van der Waals surface area contributed by atoms with Gasteiger partial charge in [-0.2, -0.15) is 0 Å². The van der Waals surface area contributed by atoms with E-state index in [-0.39, 0.29) is 5.91 Å². The van der Waals surface area contributed by atoms with E-state index in [9.17, 15) is 9.59 Å². The van der Waals surface area contributed by atoms with Crippen LogP contribution in [-0.2, 0) is 9.53 Å². The fraction of sp³-hybridized carbons (Fsp3) is 0.895. The number of hydrogen-bond donors (Lipinski definition) is 0. The zero-order valence-corrected chi connectivity index (χ0v) is 14.7. The van der Waals surface area contributed by atoms with Crippen molar-refractivity contribution in [1.82, 2.24) is 4.90 Å². The topological polar surface area (TPSA) is 46.6 Å². The van der Waals surface area contributed by atoms with E-state index in [0.29, 0.717) is 13.0 Å². The van der Waals surface area contributed by atoms with Gasteiger partial charge in [-0.05, 0) is 70.1 Å². The third-order valence-electron chi connectivity index (χ3n) is 6.04. The number of imide groups is 1. The first-order valence-electron chi connectivity index (χ1n) is 9.46. The molecule has 1 heterocycles. The molecule has 0 N–H and O–H groups in total. The minimum absolute atomic E-state index is 0.0918. The highest BCUT2D eigenvalue weighted by atomic mass is 16.6. The number of rotatable bonds is 4. The van der Waals surface area contributed by atoms with E-state index in [2.05, 4.69) is 0 Å². The van der Waals surface area contributed by atoms with Crippen LogP contribution in [0.5, 0.6) is 0 Å². The van der Waals surface area contributed by atoms with E-state index in [0.717, 1.165) is 37.0 Å². The zero-order chi connectivity index (χ0) is 16.4. The zero-order valence-electron chi connectivity index (χ0n) is 14.7. The maximum Gasteiger partial charge on any atom is 0.417 e. The van der Waals surface area contributed by atoms with E-state index in [1.54, 1.807) is 0 Å². The Hall–Kier alpha value is -1.06. The summed E-state index contributed by atoms with van der Waals surface area (Å²) in [6, 6.07) is 0. The summed E-state index contributed by atoms with van der Waals surface area (Å²) in [5, 5.41) is 0. The number of amides is 2. The highest BCUT2D eigenvalue weighted by molar-refractivity contribution is 5.93. The van der Waals surface area contributed by atoms with Crippen LogP contribution in [0, 0.1) is 17.8 Å². The van der Waals surface area contributed by atoms with Gasteiger partial charge in [-0.3, -0.25) is 4.79 Å². The Morgan fingerprint density at radius 3 is 2.48 bits per heavy atom. The van der Waals surface area contributed by atoms with E-state index in [4.69, 9.17) is 4.74 Å². The van der Waals surface area contributed by atoms with Crippen LogP contribution in [0.3, 0.4) is 0 Å². The lowest BCUT2D eigenvalue weighted by Crippen LogP contribution is -2.39. The molecular weight excluding hydrogens is 290 g/mol. The molecule has 23 heavy (non-hydrogen) atoms. The van der Waals surface area contributed by atoms with Crippen molar-refractivity contribution >= 4 is 12.0 Å². The summed E-state index contributed by atoms with van der Waals surface area (Å²) in [5.74, 6) is 2.59. The summed E-state index contributed by atoms with van der Waals surface area (Å²) in [7, 11) is 0. The molecule has 2 amide bonds.